The van der Waals surface area contributed by atoms with Crippen LogP contribution in [0.3, 0.4) is 0 Å². The zero-order valence-electron chi connectivity index (χ0n) is 22.8. The molecular weight excluding hydrogens is 515 g/mol. The molecule has 202 valence electrons. The highest BCUT2D eigenvalue weighted by Crippen LogP contribution is 2.76. The molecule has 4 aromatic rings. The maximum atomic E-state index is 15.6. The molecule has 0 radical (unpaired) electrons. The number of allylic oxidation sites excluding steroid dienone is 2. The number of carbonyl (C=O) groups is 1. The molecule has 2 aliphatic carbocycles. The lowest BCUT2D eigenvalue weighted by molar-refractivity contribution is -0.122. The fraction of sp³-hybridized carbons (Fsp3) is 0.229. The molecule has 0 aromatic heterocycles. The summed E-state index contributed by atoms with van der Waals surface area (Å²) in [6.45, 7) is 4.10. The van der Waals surface area contributed by atoms with Crippen molar-refractivity contribution in [3.63, 3.8) is 0 Å². The molecule has 2 bridgehead atoms. The minimum atomic E-state index is -3.77. The van der Waals surface area contributed by atoms with Crippen LogP contribution in [0, 0.1) is 0 Å². The van der Waals surface area contributed by atoms with Crippen LogP contribution in [0.2, 0.25) is 0 Å². The van der Waals surface area contributed by atoms with E-state index < -0.39 is 24.1 Å². The number of fused-ring (bicyclic) bond motifs is 2. The van der Waals surface area contributed by atoms with Gasteiger partial charge in [-0.05, 0) is 53.7 Å². The molecule has 6 rings (SSSR count). The molecule has 0 N–H and O–H groups in total. The molecule has 3 atom stereocenters. The summed E-state index contributed by atoms with van der Waals surface area (Å²) in [6.07, 6.45) is 0.322. The van der Waals surface area contributed by atoms with E-state index in [0.29, 0.717) is 6.42 Å². The maximum Gasteiger partial charge on any atom is 0.335 e. The predicted molar refractivity (Wildman–Crippen MR) is 160 cm³/mol. The van der Waals surface area contributed by atoms with Crippen LogP contribution in [0.4, 0.5) is 0 Å². The van der Waals surface area contributed by atoms with Gasteiger partial charge in [-0.1, -0.05) is 121 Å². The van der Waals surface area contributed by atoms with E-state index in [9.17, 15) is 4.57 Å². The second-order valence-corrected chi connectivity index (χ2v) is 12.6. The summed E-state index contributed by atoms with van der Waals surface area (Å²) >= 11 is 0. The van der Waals surface area contributed by atoms with Crippen LogP contribution in [0.25, 0.3) is 11.1 Å². The van der Waals surface area contributed by atoms with Gasteiger partial charge in [0.05, 0.1) is 29.7 Å². The highest BCUT2D eigenvalue weighted by Gasteiger charge is 2.76. The second kappa shape index (κ2) is 10.4. The molecule has 0 saturated heterocycles. The van der Waals surface area contributed by atoms with E-state index in [4.69, 9.17) is 9.05 Å². The summed E-state index contributed by atoms with van der Waals surface area (Å²) in [5.41, 5.74) is 2.47. The summed E-state index contributed by atoms with van der Waals surface area (Å²) in [6, 6.07) is 40.0. The number of rotatable bonds is 9. The van der Waals surface area contributed by atoms with Crippen LogP contribution < -0.4 is 0 Å². The zero-order valence-corrected chi connectivity index (χ0v) is 23.7. The smallest absolute Gasteiger partial charge is 0.309 e. The Labute approximate surface area is 236 Å². The van der Waals surface area contributed by atoms with Gasteiger partial charge in [0.1, 0.15) is 0 Å². The zero-order chi connectivity index (χ0) is 27.8. The van der Waals surface area contributed by atoms with E-state index in [0.717, 1.165) is 33.4 Å². The molecule has 2 aliphatic rings. The number of carbonyl (C=O) groups excluding carboxylic acids is 1. The molecule has 0 spiro atoms. The van der Waals surface area contributed by atoms with Crippen LogP contribution in [0.15, 0.2) is 121 Å². The molecule has 40 heavy (non-hydrogen) atoms. The van der Waals surface area contributed by atoms with Crippen molar-refractivity contribution in [3.8, 4) is 0 Å². The van der Waals surface area contributed by atoms with Gasteiger partial charge in [0.2, 0.25) is 0 Å². The van der Waals surface area contributed by atoms with E-state index in [1.807, 2.05) is 111 Å². The van der Waals surface area contributed by atoms with Crippen molar-refractivity contribution in [1.82, 2.24) is 0 Å². The highest BCUT2D eigenvalue weighted by atomic mass is 31.2. The number of hydrogen-bond donors (Lipinski definition) is 0. The molecule has 0 amide bonds. The first-order valence-electron chi connectivity index (χ1n) is 13.9. The van der Waals surface area contributed by atoms with Crippen molar-refractivity contribution in [1.29, 1.82) is 0 Å². The first kappa shape index (κ1) is 26.7. The monoisotopic (exact) mass is 548 g/mol. The molecular formula is C35H33O4P. The Morgan fingerprint density at radius 2 is 1.07 bits per heavy atom. The van der Waals surface area contributed by atoms with Crippen LogP contribution in [-0.4, -0.2) is 24.7 Å². The van der Waals surface area contributed by atoms with Gasteiger partial charge in [-0.25, -0.2) is 0 Å². The molecule has 4 aromatic carbocycles. The van der Waals surface area contributed by atoms with Gasteiger partial charge < -0.3 is 9.05 Å². The normalized spacial score (nSPS) is 24.1. The van der Waals surface area contributed by atoms with E-state index >= 15 is 4.79 Å². The van der Waals surface area contributed by atoms with Crippen molar-refractivity contribution in [2.75, 3.05) is 13.2 Å². The van der Waals surface area contributed by atoms with Gasteiger partial charge in [0.15, 0.2) is 5.78 Å². The lowest BCUT2D eigenvalue weighted by atomic mass is 9.67. The Morgan fingerprint density at radius 1 is 0.650 bits per heavy atom. The topological polar surface area (TPSA) is 52.6 Å². The summed E-state index contributed by atoms with van der Waals surface area (Å²) < 4.78 is 27.0. The van der Waals surface area contributed by atoms with Gasteiger partial charge in [-0.3, -0.25) is 9.36 Å². The fourth-order valence-corrected chi connectivity index (χ4v) is 9.63. The SMILES string of the molecule is CCOP(=O)(OCC)C1C[C@@]2(c3ccccc3)C(=O)[C@]1(c1ccccc1)C(c1ccccc1)=C2c1ccccc1. The Kier molecular flexibility index (Phi) is 6.96. The number of Topliss-reactive ketones (excluding diaryl/α,β-unsaturated/α-hetero) is 1. The number of hydrogen-bond acceptors (Lipinski definition) is 4. The minimum Gasteiger partial charge on any atom is -0.309 e. The Balaban J connectivity index is 1.82. The average molecular weight is 549 g/mol. The van der Waals surface area contributed by atoms with Crippen molar-refractivity contribution >= 4 is 24.5 Å². The molecule has 0 aliphatic heterocycles. The van der Waals surface area contributed by atoms with Crippen LogP contribution >= 0.6 is 7.60 Å². The third-order valence-corrected chi connectivity index (χ3v) is 11.0. The fourth-order valence-electron chi connectivity index (χ4n) is 7.11. The first-order valence-corrected chi connectivity index (χ1v) is 15.6. The molecule has 4 nitrogen and oxygen atoms in total. The Hall–Kier alpha value is -3.56. The standard InChI is InChI=1S/C35H33O4P/c1-3-38-40(37,39-4-2)30-25-34(28-21-13-7-14-22-28)31(26-17-9-5-10-18-26)32(27-19-11-6-12-20-27)35(30,33(34)36)29-23-15-8-16-24-29/h5-24,30H,3-4,25H2,1-2H3/t30?,34-,35-/m0/s1. The molecule has 1 fully saturated rings. The molecule has 1 saturated carbocycles. The molecule has 5 heteroatoms. The predicted octanol–water partition coefficient (Wildman–Crippen LogP) is 8.09. The van der Waals surface area contributed by atoms with Crippen LogP contribution in [-0.2, 0) is 29.2 Å². The lowest BCUT2D eigenvalue weighted by Gasteiger charge is -2.41. The van der Waals surface area contributed by atoms with Crippen molar-refractivity contribution in [3.05, 3.63) is 144 Å². The van der Waals surface area contributed by atoms with Crippen molar-refractivity contribution in [2.24, 2.45) is 0 Å². The van der Waals surface area contributed by atoms with E-state index in [-0.39, 0.29) is 19.0 Å². The minimum absolute atomic E-state index is 0.0275. The lowest BCUT2D eigenvalue weighted by Crippen LogP contribution is -2.42. The summed E-state index contributed by atoms with van der Waals surface area (Å²) in [4.78, 5) is 15.6. The second-order valence-electron chi connectivity index (χ2n) is 10.4. The Morgan fingerprint density at radius 3 is 1.55 bits per heavy atom. The van der Waals surface area contributed by atoms with Crippen molar-refractivity contribution in [2.45, 2.75) is 36.8 Å². The molecule has 1 unspecified atom stereocenters. The Bertz CT molecular complexity index is 1570. The maximum absolute atomic E-state index is 15.6. The highest BCUT2D eigenvalue weighted by molar-refractivity contribution is 7.55. The molecule has 0 heterocycles. The van der Waals surface area contributed by atoms with E-state index in [2.05, 4.69) is 24.3 Å². The third-order valence-electron chi connectivity index (χ3n) is 8.44. The quantitative estimate of drug-likeness (QED) is 0.198. The van der Waals surface area contributed by atoms with Gasteiger partial charge in [0.25, 0.3) is 0 Å². The third kappa shape index (κ3) is 3.74. The van der Waals surface area contributed by atoms with Gasteiger partial charge >= 0.3 is 7.60 Å². The van der Waals surface area contributed by atoms with E-state index in [1.54, 1.807) is 0 Å². The van der Waals surface area contributed by atoms with Crippen molar-refractivity contribution < 1.29 is 18.4 Å². The summed E-state index contributed by atoms with van der Waals surface area (Å²) in [5.74, 6) is 0.0275. The van der Waals surface area contributed by atoms with Crippen LogP contribution in [0.5, 0.6) is 0 Å². The van der Waals surface area contributed by atoms with Gasteiger partial charge in [-0.15, -0.1) is 0 Å². The van der Waals surface area contributed by atoms with Crippen LogP contribution in [0.1, 0.15) is 42.5 Å². The van der Waals surface area contributed by atoms with Gasteiger partial charge in [-0.2, -0.15) is 0 Å². The van der Waals surface area contributed by atoms with E-state index in [1.165, 1.54) is 0 Å². The number of benzene rings is 4. The summed E-state index contributed by atoms with van der Waals surface area (Å²) in [7, 11) is -3.77. The summed E-state index contributed by atoms with van der Waals surface area (Å²) in [5, 5.41) is 0. The largest absolute Gasteiger partial charge is 0.335 e. The number of ketones is 1. The first-order chi connectivity index (χ1) is 19.5. The van der Waals surface area contributed by atoms with Gasteiger partial charge in [0, 0.05) is 0 Å². The average Bonchev–Trinajstić information content (AvgIpc) is 3.41.